The van der Waals surface area contributed by atoms with Crippen LogP contribution in [0.1, 0.15) is 24.8 Å². The zero-order valence-electron chi connectivity index (χ0n) is 10.3. The third kappa shape index (κ3) is 3.71. The standard InChI is InChI=1S/C14H20BrNO/c1-17-13-5-6-14(15)12(9-13)8-11-4-2-3-7-16-10-11/h5-6,9,11,16H,2-4,7-8,10H2,1H3. The van der Waals surface area contributed by atoms with Gasteiger partial charge in [0, 0.05) is 4.47 Å². The number of methoxy groups -OCH3 is 1. The highest BCUT2D eigenvalue weighted by Gasteiger charge is 2.14. The summed E-state index contributed by atoms with van der Waals surface area (Å²) in [6, 6.07) is 6.23. The molecule has 0 aliphatic carbocycles. The van der Waals surface area contributed by atoms with Gasteiger partial charge in [0.15, 0.2) is 0 Å². The molecule has 2 rings (SSSR count). The van der Waals surface area contributed by atoms with Crippen LogP contribution in [-0.4, -0.2) is 20.2 Å². The summed E-state index contributed by atoms with van der Waals surface area (Å²) in [6.45, 7) is 2.32. The summed E-state index contributed by atoms with van der Waals surface area (Å²) in [7, 11) is 1.72. The molecule has 1 fully saturated rings. The molecule has 1 unspecified atom stereocenters. The highest BCUT2D eigenvalue weighted by Crippen LogP contribution is 2.26. The van der Waals surface area contributed by atoms with Gasteiger partial charge in [-0.15, -0.1) is 0 Å². The van der Waals surface area contributed by atoms with Crippen LogP contribution in [0.4, 0.5) is 0 Å². The summed E-state index contributed by atoms with van der Waals surface area (Å²) >= 11 is 3.63. The quantitative estimate of drug-likeness (QED) is 0.923. The molecular formula is C14H20BrNO. The summed E-state index contributed by atoms with van der Waals surface area (Å²) in [5.41, 5.74) is 1.36. The lowest BCUT2D eigenvalue weighted by molar-refractivity contribution is 0.413. The summed E-state index contributed by atoms with van der Waals surface area (Å²) in [5.74, 6) is 1.70. The molecule has 0 radical (unpaired) electrons. The molecule has 1 atom stereocenters. The maximum atomic E-state index is 5.29. The third-order valence-corrected chi connectivity index (χ3v) is 4.18. The number of benzene rings is 1. The Balaban J connectivity index is 2.05. The van der Waals surface area contributed by atoms with E-state index in [1.54, 1.807) is 7.11 Å². The van der Waals surface area contributed by atoms with Crippen LogP contribution < -0.4 is 10.1 Å². The first-order chi connectivity index (χ1) is 8.29. The van der Waals surface area contributed by atoms with Gasteiger partial charge in [-0.1, -0.05) is 22.4 Å². The zero-order valence-corrected chi connectivity index (χ0v) is 11.9. The Labute approximate surface area is 112 Å². The highest BCUT2D eigenvalue weighted by atomic mass is 79.9. The number of rotatable bonds is 3. The lowest BCUT2D eigenvalue weighted by Crippen LogP contribution is -2.22. The molecule has 0 bridgehead atoms. The van der Waals surface area contributed by atoms with Gasteiger partial charge >= 0.3 is 0 Å². The van der Waals surface area contributed by atoms with Crippen molar-refractivity contribution in [2.24, 2.45) is 5.92 Å². The number of hydrogen-bond acceptors (Lipinski definition) is 2. The van der Waals surface area contributed by atoms with E-state index in [4.69, 9.17) is 4.74 Å². The first-order valence-corrected chi connectivity index (χ1v) is 7.12. The largest absolute Gasteiger partial charge is 0.497 e. The van der Waals surface area contributed by atoms with Gasteiger partial charge in [0.05, 0.1) is 7.11 Å². The van der Waals surface area contributed by atoms with Crippen molar-refractivity contribution in [2.45, 2.75) is 25.7 Å². The minimum atomic E-state index is 0.751. The molecule has 1 N–H and O–H groups in total. The van der Waals surface area contributed by atoms with Gasteiger partial charge in [-0.05, 0) is 62.0 Å². The van der Waals surface area contributed by atoms with E-state index in [1.807, 2.05) is 6.07 Å². The van der Waals surface area contributed by atoms with Gasteiger partial charge in [0.1, 0.15) is 5.75 Å². The second kappa shape index (κ2) is 6.41. The van der Waals surface area contributed by atoms with Crippen LogP contribution in [0.2, 0.25) is 0 Å². The maximum absolute atomic E-state index is 5.29. The topological polar surface area (TPSA) is 21.3 Å². The fourth-order valence-electron chi connectivity index (χ4n) is 2.41. The first kappa shape index (κ1) is 12.9. The second-order valence-electron chi connectivity index (χ2n) is 4.73. The molecule has 1 saturated heterocycles. The van der Waals surface area contributed by atoms with Crippen LogP contribution in [0.3, 0.4) is 0 Å². The number of ether oxygens (including phenoxy) is 1. The van der Waals surface area contributed by atoms with Crippen LogP contribution in [0.5, 0.6) is 5.75 Å². The maximum Gasteiger partial charge on any atom is 0.119 e. The van der Waals surface area contributed by atoms with Crippen molar-refractivity contribution in [1.29, 1.82) is 0 Å². The Morgan fingerprint density at radius 2 is 2.29 bits per heavy atom. The number of hydrogen-bond donors (Lipinski definition) is 1. The monoisotopic (exact) mass is 297 g/mol. The van der Waals surface area contributed by atoms with Gasteiger partial charge in [0.2, 0.25) is 0 Å². The van der Waals surface area contributed by atoms with Crippen molar-refractivity contribution in [3.8, 4) is 5.75 Å². The first-order valence-electron chi connectivity index (χ1n) is 6.32. The molecule has 1 aliphatic rings. The van der Waals surface area contributed by atoms with Crippen molar-refractivity contribution in [3.05, 3.63) is 28.2 Å². The summed E-state index contributed by atoms with van der Waals surface area (Å²) < 4.78 is 6.48. The van der Waals surface area contributed by atoms with Crippen LogP contribution >= 0.6 is 15.9 Å². The van der Waals surface area contributed by atoms with Crippen molar-refractivity contribution < 1.29 is 4.74 Å². The zero-order chi connectivity index (χ0) is 12.1. The van der Waals surface area contributed by atoms with E-state index in [9.17, 15) is 0 Å². The summed E-state index contributed by atoms with van der Waals surface area (Å²) in [5, 5.41) is 3.52. The van der Waals surface area contributed by atoms with E-state index in [0.717, 1.165) is 24.6 Å². The van der Waals surface area contributed by atoms with Gasteiger partial charge < -0.3 is 10.1 Å². The van der Waals surface area contributed by atoms with Crippen molar-refractivity contribution in [1.82, 2.24) is 5.32 Å². The number of halogens is 1. The van der Waals surface area contributed by atoms with E-state index in [0.29, 0.717) is 0 Å². The average Bonchev–Trinajstić information content (AvgIpc) is 2.60. The van der Waals surface area contributed by atoms with Crippen LogP contribution in [0, 0.1) is 5.92 Å². The molecule has 1 aromatic rings. The van der Waals surface area contributed by atoms with E-state index in [1.165, 1.54) is 35.8 Å². The molecule has 1 aromatic carbocycles. The van der Waals surface area contributed by atoms with Crippen molar-refractivity contribution >= 4 is 15.9 Å². The normalized spacial score (nSPS) is 20.9. The molecule has 3 heteroatoms. The molecule has 2 nitrogen and oxygen atoms in total. The molecule has 0 aromatic heterocycles. The minimum Gasteiger partial charge on any atom is -0.497 e. The Hall–Kier alpha value is -0.540. The fraction of sp³-hybridized carbons (Fsp3) is 0.571. The molecule has 0 amide bonds. The number of nitrogens with one attached hydrogen (secondary N) is 1. The highest BCUT2D eigenvalue weighted by molar-refractivity contribution is 9.10. The summed E-state index contributed by atoms with van der Waals surface area (Å²) in [4.78, 5) is 0. The van der Waals surface area contributed by atoms with Crippen LogP contribution in [0.25, 0.3) is 0 Å². The Morgan fingerprint density at radius 3 is 3.12 bits per heavy atom. The fourth-order valence-corrected chi connectivity index (χ4v) is 2.82. The smallest absolute Gasteiger partial charge is 0.119 e. The van der Waals surface area contributed by atoms with Gasteiger partial charge in [-0.2, -0.15) is 0 Å². The third-order valence-electron chi connectivity index (χ3n) is 3.41. The minimum absolute atomic E-state index is 0.751. The predicted octanol–water partition coefficient (Wildman–Crippen LogP) is 3.39. The SMILES string of the molecule is COc1ccc(Br)c(CC2CCCCNC2)c1. The predicted molar refractivity (Wildman–Crippen MR) is 74.6 cm³/mol. The van der Waals surface area contributed by atoms with Gasteiger partial charge in [-0.3, -0.25) is 0 Å². The Kier molecular flexibility index (Phi) is 4.86. The Bertz CT molecular complexity index is 359. The molecule has 94 valence electrons. The van der Waals surface area contributed by atoms with E-state index < -0.39 is 0 Å². The van der Waals surface area contributed by atoms with Crippen LogP contribution in [0.15, 0.2) is 22.7 Å². The molecule has 0 spiro atoms. The van der Waals surface area contributed by atoms with Crippen molar-refractivity contribution in [3.63, 3.8) is 0 Å². The van der Waals surface area contributed by atoms with Crippen LogP contribution in [-0.2, 0) is 6.42 Å². The van der Waals surface area contributed by atoms with Gasteiger partial charge in [-0.25, -0.2) is 0 Å². The summed E-state index contributed by atoms with van der Waals surface area (Å²) in [6.07, 6.45) is 5.12. The van der Waals surface area contributed by atoms with E-state index in [-0.39, 0.29) is 0 Å². The van der Waals surface area contributed by atoms with Crippen molar-refractivity contribution in [2.75, 3.05) is 20.2 Å². The van der Waals surface area contributed by atoms with E-state index >= 15 is 0 Å². The van der Waals surface area contributed by atoms with Gasteiger partial charge in [0.25, 0.3) is 0 Å². The Morgan fingerprint density at radius 1 is 1.41 bits per heavy atom. The lowest BCUT2D eigenvalue weighted by atomic mass is 9.95. The molecular weight excluding hydrogens is 278 g/mol. The van der Waals surface area contributed by atoms with E-state index in [2.05, 4.69) is 33.4 Å². The lowest BCUT2D eigenvalue weighted by Gasteiger charge is -2.15. The molecule has 17 heavy (non-hydrogen) atoms. The second-order valence-corrected chi connectivity index (χ2v) is 5.58. The molecule has 1 heterocycles. The molecule has 0 saturated carbocycles. The average molecular weight is 298 g/mol. The molecule has 1 aliphatic heterocycles.